The summed E-state index contributed by atoms with van der Waals surface area (Å²) in [7, 11) is 0. The van der Waals surface area contributed by atoms with Crippen LogP contribution < -0.4 is 0 Å². The van der Waals surface area contributed by atoms with Crippen molar-refractivity contribution in [1.82, 2.24) is 8.75 Å². The molecule has 2 rings (SSSR count). The summed E-state index contributed by atoms with van der Waals surface area (Å²) in [6, 6.07) is 5.37. The molecule has 0 amide bonds. The number of carbonyl (C=O) groups is 1. The van der Waals surface area contributed by atoms with Crippen LogP contribution in [0, 0.1) is 0 Å². The van der Waals surface area contributed by atoms with Crippen molar-refractivity contribution in [3.63, 3.8) is 0 Å². The van der Waals surface area contributed by atoms with E-state index < -0.39 is 0 Å². The maximum absolute atomic E-state index is 10.5. The van der Waals surface area contributed by atoms with Crippen molar-refractivity contribution in [2.45, 2.75) is 0 Å². The molecule has 0 aliphatic rings. The molecule has 0 fully saturated rings. The number of fused-ring (bicyclic) bond motifs is 1. The topological polar surface area (TPSA) is 42.9 Å². The third-order valence-corrected chi connectivity index (χ3v) is 1.99. The molecule has 0 saturated carbocycles. The van der Waals surface area contributed by atoms with E-state index in [1.54, 1.807) is 12.1 Å². The molecule has 1 aromatic heterocycles. The zero-order chi connectivity index (χ0) is 7.68. The van der Waals surface area contributed by atoms with Crippen molar-refractivity contribution < 1.29 is 4.79 Å². The van der Waals surface area contributed by atoms with Crippen LogP contribution in [0.2, 0.25) is 0 Å². The Labute approximate surface area is 67.0 Å². The van der Waals surface area contributed by atoms with E-state index in [9.17, 15) is 4.79 Å². The Morgan fingerprint density at radius 1 is 1.36 bits per heavy atom. The summed E-state index contributed by atoms with van der Waals surface area (Å²) in [5.74, 6) is 0. The molecule has 1 aromatic carbocycles. The van der Waals surface area contributed by atoms with Crippen LogP contribution in [0.25, 0.3) is 11.0 Å². The van der Waals surface area contributed by atoms with Crippen molar-refractivity contribution in [2.24, 2.45) is 0 Å². The van der Waals surface area contributed by atoms with Gasteiger partial charge in [-0.3, -0.25) is 4.79 Å². The van der Waals surface area contributed by atoms with E-state index in [1.165, 1.54) is 0 Å². The lowest BCUT2D eigenvalue weighted by Crippen LogP contribution is -1.80. The average molecular weight is 164 g/mol. The minimum Gasteiger partial charge on any atom is -0.298 e. The van der Waals surface area contributed by atoms with Gasteiger partial charge in [-0.05, 0) is 12.1 Å². The molecular formula is C7H4N2OS. The Morgan fingerprint density at radius 2 is 2.27 bits per heavy atom. The Morgan fingerprint density at radius 3 is 3.09 bits per heavy atom. The molecule has 0 spiro atoms. The van der Waals surface area contributed by atoms with E-state index in [-0.39, 0.29) is 0 Å². The fourth-order valence-electron chi connectivity index (χ4n) is 0.922. The Bertz CT molecular complexity index is 396. The largest absolute Gasteiger partial charge is 0.298 e. The predicted octanol–water partition coefficient (Wildman–Crippen LogP) is 1.50. The van der Waals surface area contributed by atoms with Crippen LogP contribution >= 0.6 is 11.7 Å². The molecule has 0 atom stereocenters. The van der Waals surface area contributed by atoms with Crippen LogP contribution in [0.3, 0.4) is 0 Å². The highest BCUT2D eigenvalue weighted by Gasteiger charge is 2.01. The van der Waals surface area contributed by atoms with Gasteiger partial charge in [-0.25, -0.2) is 0 Å². The molecule has 2 aromatic rings. The van der Waals surface area contributed by atoms with Gasteiger partial charge in [0.1, 0.15) is 11.0 Å². The van der Waals surface area contributed by atoms with Crippen molar-refractivity contribution in [2.75, 3.05) is 0 Å². The number of carbonyl (C=O) groups excluding carboxylic acids is 1. The first-order chi connectivity index (χ1) is 5.42. The van der Waals surface area contributed by atoms with Crippen molar-refractivity contribution in [3.05, 3.63) is 23.8 Å². The summed E-state index contributed by atoms with van der Waals surface area (Å²) in [5.41, 5.74) is 2.10. The fourth-order valence-corrected chi connectivity index (χ4v) is 1.48. The molecule has 0 aliphatic carbocycles. The van der Waals surface area contributed by atoms with Gasteiger partial charge in [0, 0.05) is 5.56 Å². The minimum atomic E-state index is 0.608. The fraction of sp³-hybridized carbons (Fsp3) is 0. The van der Waals surface area contributed by atoms with Crippen LogP contribution in [0.15, 0.2) is 18.2 Å². The summed E-state index contributed by atoms with van der Waals surface area (Å²) in [5, 5.41) is 0. The average Bonchev–Trinajstić information content (AvgIpc) is 2.50. The Balaban J connectivity index is 2.88. The van der Waals surface area contributed by atoms with Crippen molar-refractivity contribution in [1.29, 1.82) is 0 Å². The summed E-state index contributed by atoms with van der Waals surface area (Å²) in [4.78, 5) is 10.5. The van der Waals surface area contributed by atoms with E-state index in [2.05, 4.69) is 8.75 Å². The number of aldehydes is 1. The second-order valence-corrected chi connectivity index (χ2v) is 2.63. The zero-order valence-corrected chi connectivity index (χ0v) is 6.34. The first-order valence-corrected chi connectivity index (χ1v) is 3.81. The molecular weight excluding hydrogens is 160 g/mol. The van der Waals surface area contributed by atoms with Gasteiger partial charge < -0.3 is 0 Å². The molecule has 3 nitrogen and oxygen atoms in total. The number of nitrogens with zero attached hydrogens (tertiary/aromatic N) is 2. The summed E-state index contributed by atoms with van der Waals surface area (Å²) in [6.45, 7) is 0. The lowest BCUT2D eigenvalue weighted by Gasteiger charge is -1.87. The van der Waals surface area contributed by atoms with E-state index in [1.807, 2.05) is 6.07 Å². The van der Waals surface area contributed by atoms with Gasteiger partial charge in [-0.1, -0.05) is 6.07 Å². The summed E-state index contributed by atoms with van der Waals surface area (Å²) in [6.07, 6.45) is 0.795. The van der Waals surface area contributed by atoms with Gasteiger partial charge in [-0.15, -0.1) is 0 Å². The lowest BCUT2D eigenvalue weighted by atomic mass is 10.2. The summed E-state index contributed by atoms with van der Waals surface area (Å²) < 4.78 is 7.99. The molecule has 0 N–H and O–H groups in total. The highest BCUT2D eigenvalue weighted by Crippen LogP contribution is 2.13. The van der Waals surface area contributed by atoms with Crippen LogP contribution in [0.1, 0.15) is 10.4 Å². The molecule has 0 radical (unpaired) electrons. The number of hydrogen-bond acceptors (Lipinski definition) is 4. The standard InChI is InChI=1S/C7H4N2OS/c10-4-5-2-1-3-6-7(5)9-11-8-6/h1-4H. The van der Waals surface area contributed by atoms with Crippen LogP contribution in [0.4, 0.5) is 0 Å². The monoisotopic (exact) mass is 164 g/mol. The second kappa shape index (κ2) is 2.39. The predicted molar refractivity (Wildman–Crippen MR) is 42.8 cm³/mol. The number of aromatic nitrogens is 2. The highest BCUT2D eigenvalue weighted by atomic mass is 32.1. The molecule has 4 heteroatoms. The van der Waals surface area contributed by atoms with Gasteiger partial charge in [0.05, 0.1) is 11.7 Å². The van der Waals surface area contributed by atoms with Gasteiger partial charge >= 0.3 is 0 Å². The van der Waals surface area contributed by atoms with Gasteiger partial charge in [0.15, 0.2) is 6.29 Å². The van der Waals surface area contributed by atoms with Crippen molar-refractivity contribution in [3.8, 4) is 0 Å². The normalized spacial score (nSPS) is 10.2. The quantitative estimate of drug-likeness (QED) is 0.600. The molecule has 11 heavy (non-hydrogen) atoms. The number of benzene rings is 1. The van der Waals surface area contributed by atoms with Gasteiger partial charge in [0.2, 0.25) is 0 Å². The SMILES string of the molecule is O=Cc1cccc2nsnc12. The van der Waals surface area contributed by atoms with E-state index in [0.717, 1.165) is 23.5 Å². The molecule has 0 saturated heterocycles. The maximum atomic E-state index is 10.5. The van der Waals surface area contributed by atoms with Crippen molar-refractivity contribution >= 4 is 29.0 Å². The third-order valence-electron chi connectivity index (χ3n) is 1.44. The first kappa shape index (κ1) is 6.42. The van der Waals surface area contributed by atoms with Crippen LogP contribution in [-0.2, 0) is 0 Å². The van der Waals surface area contributed by atoms with Gasteiger partial charge in [-0.2, -0.15) is 8.75 Å². The van der Waals surface area contributed by atoms with Crippen LogP contribution in [0.5, 0.6) is 0 Å². The summed E-state index contributed by atoms with van der Waals surface area (Å²) >= 11 is 1.12. The highest BCUT2D eigenvalue weighted by molar-refractivity contribution is 7.00. The molecule has 0 aliphatic heterocycles. The van der Waals surface area contributed by atoms with Crippen LogP contribution in [-0.4, -0.2) is 15.0 Å². The second-order valence-electron chi connectivity index (χ2n) is 2.10. The lowest BCUT2D eigenvalue weighted by molar-refractivity contribution is 0.112. The van der Waals surface area contributed by atoms with E-state index in [4.69, 9.17) is 0 Å². The zero-order valence-electron chi connectivity index (χ0n) is 5.52. The molecule has 1 heterocycles. The minimum absolute atomic E-state index is 0.608. The smallest absolute Gasteiger partial charge is 0.152 e. The number of rotatable bonds is 1. The third kappa shape index (κ3) is 0.914. The number of hydrogen-bond donors (Lipinski definition) is 0. The molecule has 0 bridgehead atoms. The maximum Gasteiger partial charge on any atom is 0.152 e. The first-order valence-electron chi connectivity index (χ1n) is 3.08. The molecule has 0 unspecified atom stereocenters. The van der Waals surface area contributed by atoms with E-state index >= 15 is 0 Å². The van der Waals surface area contributed by atoms with Gasteiger partial charge in [0.25, 0.3) is 0 Å². The van der Waals surface area contributed by atoms with E-state index in [0.29, 0.717) is 11.1 Å². The molecule has 54 valence electrons. The Kier molecular flexibility index (Phi) is 1.40. The Hall–Kier alpha value is -1.29.